The average Bonchev–Trinajstić information content (AvgIpc) is 2.59. The molecule has 1 aliphatic rings. The summed E-state index contributed by atoms with van der Waals surface area (Å²) in [6, 6.07) is 5.86. The van der Waals surface area contributed by atoms with Crippen molar-refractivity contribution in [1.29, 1.82) is 0 Å². The van der Waals surface area contributed by atoms with Gasteiger partial charge in [0.1, 0.15) is 0 Å². The Kier molecular flexibility index (Phi) is 4.76. The van der Waals surface area contributed by atoms with Gasteiger partial charge in [-0.2, -0.15) is 0 Å². The Morgan fingerprint density at radius 1 is 1.21 bits per heavy atom. The highest BCUT2D eigenvalue weighted by Crippen LogP contribution is 2.20. The Balaban J connectivity index is 1.78. The van der Waals surface area contributed by atoms with Crippen LogP contribution in [0.1, 0.15) is 27.2 Å². The molecular weight excluding hydrogens is 304 g/mol. The lowest BCUT2D eigenvalue weighted by atomic mass is 10.1. The number of nitrogens with one attached hydrogen (secondary N) is 1. The second kappa shape index (κ2) is 6.97. The molecule has 3 rings (SSSR count). The predicted molar refractivity (Wildman–Crippen MR) is 93.7 cm³/mol. The van der Waals surface area contributed by atoms with Crippen LogP contribution in [0.3, 0.4) is 0 Å². The van der Waals surface area contributed by atoms with E-state index in [0.29, 0.717) is 30.4 Å². The largest absolute Gasteiger partial charge is 0.378 e. The van der Waals surface area contributed by atoms with Crippen molar-refractivity contribution < 1.29 is 9.53 Å². The van der Waals surface area contributed by atoms with Crippen molar-refractivity contribution in [3.05, 3.63) is 46.8 Å². The lowest BCUT2D eigenvalue weighted by Gasteiger charge is -2.27. The SMILES string of the molecule is Cc1cccc(NC(=O)c2cnc(N3CCOCC3)nc2C)c1C. The maximum absolute atomic E-state index is 12.6. The van der Waals surface area contributed by atoms with Gasteiger partial charge in [0.05, 0.1) is 24.5 Å². The molecule has 1 aromatic carbocycles. The van der Waals surface area contributed by atoms with Crippen molar-refractivity contribution >= 4 is 17.5 Å². The van der Waals surface area contributed by atoms with E-state index in [4.69, 9.17) is 4.74 Å². The highest BCUT2D eigenvalue weighted by atomic mass is 16.5. The van der Waals surface area contributed by atoms with E-state index in [1.807, 2.05) is 39.0 Å². The van der Waals surface area contributed by atoms with Gasteiger partial charge in [-0.1, -0.05) is 12.1 Å². The fourth-order valence-electron chi connectivity index (χ4n) is 2.67. The van der Waals surface area contributed by atoms with E-state index in [2.05, 4.69) is 20.2 Å². The van der Waals surface area contributed by atoms with E-state index in [0.717, 1.165) is 29.9 Å². The fraction of sp³-hybridized carbons (Fsp3) is 0.389. The fourth-order valence-corrected chi connectivity index (χ4v) is 2.67. The zero-order valence-corrected chi connectivity index (χ0v) is 14.3. The third kappa shape index (κ3) is 3.38. The molecule has 1 aliphatic heterocycles. The van der Waals surface area contributed by atoms with E-state index in [9.17, 15) is 4.79 Å². The standard InChI is InChI=1S/C18H22N4O2/c1-12-5-4-6-16(13(12)2)21-17(23)15-11-19-18(20-14(15)3)22-7-9-24-10-8-22/h4-6,11H,7-10H2,1-3H3,(H,21,23). The molecule has 0 radical (unpaired) electrons. The second-order valence-corrected chi connectivity index (χ2v) is 5.97. The van der Waals surface area contributed by atoms with E-state index in [1.54, 1.807) is 6.20 Å². The van der Waals surface area contributed by atoms with E-state index in [-0.39, 0.29) is 5.91 Å². The number of hydrogen-bond donors (Lipinski definition) is 1. The second-order valence-electron chi connectivity index (χ2n) is 5.97. The summed E-state index contributed by atoms with van der Waals surface area (Å²) in [5.74, 6) is 0.466. The molecule has 6 nitrogen and oxygen atoms in total. The summed E-state index contributed by atoms with van der Waals surface area (Å²) >= 11 is 0. The van der Waals surface area contributed by atoms with Gasteiger partial charge < -0.3 is 15.0 Å². The molecule has 0 aliphatic carbocycles. The summed E-state index contributed by atoms with van der Waals surface area (Å²) in [5.41, 5.74) is 4.19. The number of aryl methyl sites for hydroxylation is 2. The highest BCUT2D eigenvalue weighted by molar-refractivity contribution is 6.05. The number of ether oxygens (including phenoxy) is 1. The van der Waals surface area contributed by atoms with Gasteiger partial charge in [0.15, 0.2) is 0 Å². The quantitative estimate of drug-likeness (QED) is 0.938. The number of benzene rings is 1. The van der Waals surface area contributed by atoms with Gasteiger partial charge in [-0.05, 0) is 38.0 Å². The zero-order chi connectivity index (χ0) is 17.1. The Hall–Kier alpha value is -2.47. The Morgan fingerprint density at radius 3 is 2.67 bits per heavy atom. The number of aromatic nitrogens is 2. The molecule has 1 aromatic heterocycles. The van der Waals surface area contributed by atoms with Crippen LogP contribution in [0.4, 0.5) is 11.6 Å². The Morgan fingerprint density at radius 2 is 1.96 bits per heavy atom. The summed E-state index contributed by atoms with van der Waals surface area (Å²) < 4.78 is 5.34. The molecular formula is C18H22N4O2. The number of carbonyl (C=O) groups is 1. The molecule has 2 aromatic rings. The molecule has 126 valence electrons. The molecule has 1 amide bonds. The molecule has 2 heterocycles. The number of nitrogens with zero attached hydrogens (tertiary/aromatic N) is 3. The Bertz CT molecular complexity index is 755. The van der Waals surface area contributed by atoms with Crippen LogP contribution in [0.5, 0.6) is 0 Å². The summed E-state index contributed by atoms with van der Waals surface area (Å²) in [6.45, 7) is 8.76. The minimum Gasteiger partial charge on any atom is -0.378 e. The monoisotopic (exact) mass is 326 g/mol. The lowest BCUT2D eigenvalue weighted by Crippen LogP contribution is -2.37. The van der Waals surface area contributed by atoms with Crippen LogP contribution < -0.4 is 10.2 Å². The third-order valence-corrected chi connectivity index (χ3v) is 4.36. The normalized spacial score (nSPS) is 14.5. The van der Waals surface area contributed by atoms with Crippen molar-refractivity contribution in [2.24, 2.45) is 0 Å². The molecule has 1 N–H and O–H groups in total. The van der Waals surface area contributed by atoms with Gasteiger partial charge in [-0.15, -0.1) is 0 Å². The number of carbonyl (C=O) groups excluding carboxylic acids is 1. The van der Waals surface area contributed by atoms with Gasteiger partial charge in [0.25, 0.3) is 5.91 Å². The van der Waals surface area contributed by atoms with Crippen LogP contribution >= 0.6 is 0 Å². The van der Waals surface area contributed by atoms with E-state index >= 15 is 0 Å². The molecule has 0 unspecified atom stereocenters. The molecule has 24 heavy (non-hydrogen) atoms. The van der Waals surface area contributed by atoms with Crippen LogP contribution in [0.2, 0.25) is 0 Å². The zero-order valence-electron chi connectivity index (χ0n) is 14.3. The van der Waals surface area contributed by atoms with Crippen molar-refractivity contribution in [3.8, 4) is 0 Å². The van der Waals surface area contributed by atoms with E-state index < -0.39 is 0 Å². The topological polar surface area (TPSA) is 67.4 Å². The maximum atomic E-state index is 12.6. The minimum atomic E-state index is -0.185. The van der Waals surface area contributed by atoms with Crippen molar-refractivity contribution in [1.82, 2.24) is 9.97 Å². The third-order valence-electron chi connectivity index (χ3n) is 4.36. The molecule has 0 spiro atoms. The molecule has 0 bridgehead atoms. The predicted octanol–water partition coefficient (Wildman–Crippen LogP) is 2.49. The van der Waals surface area contributed by atoms with Crippen LogP contribution in [0.15, 0.2) is 24.4 Å². The van der Waals surface area contributed by atoms with Gasteiger partial charge in [0, 0.05) is 25.0 Å². The van der Waals surface area contributed by atoms with Crippen molar-refractivity contribution in [2.75, 3.05) is 36.5 Å². The lowest BCUT2D eigenvalue weighted by molar-refractivity contribution is 0.102. The van der Waals surface area contributed by atoms with Crippen LogP contribution in [0, 0.1) is 20.8 Å². The van der Waals surface area contributed by atoms with Gasteiger partial charge in [-0.25, -0.2) is 9.97 Å². The Labute approximate surface area is 141 Å². The van der Waals surface area contributed by atoms with Crippen molar-refractivity contribution in [2.45, 2.75) is 20.8 Å². The molecule has 0 atom stereocenters. The summed E-state index contributed by atoms with van der Waals surface area (Å²) in [7, 11) is 0. The molecule has 1 saturated heterocycles. The van der Waals surface area contributed by atoms with Crippen LogP contribution in [-0.2, 0) is 4.74 Å². The summed E-state index contributed by atoms with van der Waals surface area (Å²) in [6.07, 6.45) is 1.60. The number of morpholine rings is 1. The van der Waals surface area contributed by atoms with Gasteiger partial charge in [0.2, 0.25) is 5.95 Å². The molecule has 1 fully saturated rings. The number of hydrogen-bond acceptors (Lipinski definition) is 5. The summed E-state index contributed by atoms with van der Waals surface area (Å²) in [4.78, 5) is 23.5. The van der Waals surface area contributed by atoms with Gasteiger partial charge >= 0.3 is 0 Å². The minimum absolute atomic E-state index is 0.185. The molecule has 0 saturated carbocycles. The molecule has 6 heteroatoms. The smallest absolute Gasteiger partial charge is 0.259 e. The van der Waals surface area contributed by atoms with Crippen molar-refractivity contribution in [3.63, 3.8) is 0 Å². The highest BCUT2D eigenvalue weighted by Gasteiger charge is 2.17. The summed E-state index contributed by atoms with van der Waals surface area (Å²) in [5, 5.41) is 2.95. The van der Waals surface area contributed by atoms with Gasteiger partial charge in [-0.3, -0.25) is 4.79 Å². The van der Waals surface area contributed by atoms with Crippen LogP contribution in [0.25, 0.3) is 0 Å². The first-order chi connectivity index (χ1) is 11.6. The first-order valence-electron chi connectivity index (χ1n) is 8.10. The maximum Gasteiger partial charge on any atom is 0.259 e. The first kappa shape index (κ1) is 16.4. The van der Waals surface area contributed by atoms with E-state index in [1.165, 1.54) is 0 Å². The average molecular weight is 326 g/mol. The number of anilines is 2. The first-order valence-corrected chi connectivity index (χ1v) is 8.10. The number of rotatable bonds is 3. The van der Waals surface area contributed by atoms with Crippen LogP contribution in [-0.4, -0.2) is 42.2 Å². The number of amides is 1.